The molecule has 0 spiro atoms. The standard InChI is InChI=1S/C18H32/c1-11-12(2)14-15(3,4)13(11)16(5,6)18(9,10)17(14,7)8/h13-14H,1-10H3. The Labute approximate surface area is 114 Å². The molecular weight excluding hydrogens is 216 g/mol. The van der Waals surface area contributed by atoms with Crippen molar-refractivity contribution in [3.05, 3.63) is 11.1 Å². The molecule has 0 radical (unpaired) electrons. The summed E-state index contributed by atoms with van der Waals surface area (Å²) >= 11 is 0. The van der Waals surface area contributed by atoms with Crippen LogP contribution >= 0.6 is 0 Å². The highest BCUT2D eigenvalue weighted by atomic mass is 14.7. The molecule has 104 valence electrons. The molecule has 1 saturated carbocycles. The molecule has 2 aliphatic carbocycles. The molecule has 0 aliphatic heterocycles. The SMILES string of the molecule is CC1=C(C)C2C(C)(C)C1C(C)(C)C(C)(C)C2(C)C. The summed E-state index contributed by atoms with van der Waals surface area (Å²) in [5, 5.41) is 0. The van der Waals surface area contributed by atoms with Gasteiger partial charge in [-0.05, 0) is 47.3 Å². The van der Waals surface area contributed by atoms with Crippen LogP contribution in [0.3, 0.4) is 0 Å². The van der Waals surface area contributed by atoms with Crippen molar-refractivity contribution in [2.75, 3.05) is 0 Å². The molecule has 0 heterocycles. The van der Waals surface area contributed by atoms with Gasteiger partial charge in [0.2, 0.25) is 0 Å². The lowest BCUT2D eigenvalue weighted by molar-refractivity contribution is -0.171. The fourth-order valence-corrected chi connectivity index (χ4v) is 6.23. The van der Waals surface area contributed by atoms with E-state index in [1.807, 2.05) is 0 Å². The van der Waals surface area contributed by atoms with Gasteiger partial charge in [-0.1, -0.05) is 66.5 Å². The minimum Gasteiger partial charge on any atom is -0.0699 e. The van der Waals surface area contributed by atoms with Crippen LogP contribution in [0.1, 0.15) is 69.2 Å². The maximum atomic E-state index is 2.50. The normalized spacial score (nSPS) is 39.0. The Morgan fingerprint density at radius 2 is 0.889 bits per heavy atom. The molecule has 18 heavy (non-hydrogen) atoms. The summed E-state index contributed by atoms with van der Waals surface area (Å²) in [4.78, 5) is 0. The number of allylic oxidation sites excluding steroid dienone is 2. The Kier molecular flexibility index (Phi) is 2.55. The van der Waals surface area contributed by atoms with Crippen LogP contribution in [0.5, 0.6) is 0 Å². The number of fused-ring (bicyclic) bond motifs is 2. The van der Waals surface area contributed by atoms with E-state index >= 15 is 0 Å². The zero-order valence-electron chi connectivity index (χ0n) is 14.2. The first-order valence-corrected chi connectivity index (χ1v) is 7.48. The largest absolute Gasteiger partial charge is 0.0699 e. The number of rotatable bonds is 0. The minimum absolute atomic E-state index is 0.346. The van der Waals surface area contributed by atoms with Crippen molar-refractivity contribution < 1.29 is 0 Å². The third-order valence-corrected chi connectivity index (χ3v) is 7.64. The summed E-state index contributed by atoms with van der Waals surface area (Å²) in [7, 11) is 0. The van der Waals surface area contributed by atoms with Crippen molar-refractivity contribution in [1.82, 2.24) is 0 Å². The molecule has 2 aliphatic rings. The summed E-state index contributed by atoms with van der Waals surface area (Å²) in [5.74, 6) is 1.44. The first kappa shape index (κ1) is 14.2. The summed E-state index contributed by atoms with van der Waals surface area (Å²) in [6, 6.07) is 0. The zero-order valence-corrected chi connectivity index (χ0v) is 14.2. The van der Waals surface area contributed by atoms with Gasteiger partial charge in [0.15, 0.2) is 0 Å². The molecule has 0 N–H and O–H groups in total. The van der Waals surface area contributed by atoms with Crippen LogP contribution in [-0.4, -0.2) is 0 Å². The average Bonchev–Trinajstić information content (AvgIpc) is 2.29. The van der Waals surface area contributed by atoms with Gasteiger partial charge in [-0.3, -0.25) is 0 Å². The second-order valence-electron chi connectivity index (χ2n) is 9.12. The smallest absolute Gasteiger partial charge is 0.00894 e. The van der Waals surface area contributed by atoms with Crippen molar-refractivity contribution in [3.63, 3.8) is 0 Å². The van der Waals surface area contributed by atoms with E-state index in [0.717, 1.165) is 11.8 Å². The van der Waals surface area contributed by atoms with Crippen molar-refractivity contribution in [2.24, 2.45) is 33.5 Å². The van der Waals surface area contributed by atoms with E-state index in [9.17, 15) is 0 Å². The average molecular weight is 248 g/mol. The first-order valence-electron chi connectivity index (χ1n) is 7.48. The van der Waals surface area contributed by atoms with Crippen molar-refractivity contribution >= 4 is 0 Å². The maximum Gasteiger partial charge on any atom is -0.00894 e. The summed E-state index contributed by atoms with van der Waals surface area (Å²) in [5.41, 5.74) is 4.79. The maximum absolute atomic E-state index is 2.50. The third kappa shape index (κ3) is 1.18. The molecule has 0 aromatic carbocycles. The van der Waals surface area contributed by atoms with E-state index in [2.05, 4.69) is 69.2 Å². The van der Waals surface area contributed by atoms with Crippen LogP contribution in [0.2, 0.25) is 0 Å². The lowest BCUT2D eigenvalue weighted by Crippen LogP contribution is -2.61. The molecule has 1 fully saturated rings. The molecule has 0 heteroatoms. The first-order chi connectivity index (χ1) is 7.81. The van der Waals surface area contributed by atoms with Crippen LogP contribution in [0, 0.1) is 33.5 Å². The second-order valence-corrected chi connectivity index (χ2v) is 9.12. The Bertz CT molecular complexity index is 379. The molecule has 0 aromatic heterocycles. The topological polar surface area (TPSA) is 0 Å². The quantitative estimate of drug-likeness (QED) is 0.483. The van der Waals surface area contributed by atoms with Crippen LogP contribution in [-0.2, 0) is 0 Å². The highest BCUT2D eigenvalue weighted by Crippen LogP contribution is 2.75. The summed E-state index contributed by atoms with van der Waals surface area (Å²) < 4.78 is 0. The van der Waals surface area contributed by atoms with Gasteiger partial charge in [0.1, 0.15) is 0 Å². The van der Waals surface area contributed by atoms with E-state index in [-0.39, 0.29) is 0 Å². The van der Waals surface area contributed by atoms with Gasteiger partial charge in [-0.15, -0.1) is 0 Å². The van der Waals surface area contributed by atoms with Crippen LogP contribution in [0.25, 0.3) is 0 Å². The van der Waals surface area contributed by atoms with E-state index < -0.39 is 0 Å². The highest BCUT2D eigenvalue weighted by molar-refractivity contribution is 5.37. The van der Waals surface area contributed by atoms with Gasteiger partial charge in [-0.25, -0.2) is 0 Å². The lowest BCUT2D eigenvalue weighted by Gasteiger charge is -2.66. The van der Waals surface area contributed by atoms with E-state index in [0.29, 0.717) is 21.7 Å². The monoisotopic (exact) mass is 248 g/mol. The van der Waals surface area contributed by atoms with Crippen molar-refractivity contribution in [3.8, 4) is 0 Å². The molecule has 2 atom stereocenters. The molecule has 2 rings (SSSR count). The molecule has 2 unspecified atom stereocenters. The lowest BCUT2D eigenvalue weighted by atomic mass is 9.38. The van der Waals surface area contributed by atoms with Crippen LogP contribution in [0.4, 0.5) is 0 Å². The van der Waals surface area contributed by atoms with Crippen molar-refractivity contribution in [1.29, 1.82) is 0 Å². The number of hydrogen-bond donors (Lipinski definition) is 0. The fraction of sp³-hybridized carbons (Fsp3) is 0.889. The van der Waals surface area contributed by atoms with Crippen molar-refractivity contribution in [2.45, 2.75) is 69.2 Å². The Hall–Kier alpha value is -0.260. The minimum atomic E-state index is 0.346. The van der Waals surface area contributed by atoms with Crippen LogP contribution in [0.15, 0.2) is 11.1 Å². The molecule has 0 nitrogen and oxygen atoms in total. The Balaban J connectivity index is 2.78. The fourth-order valence-electron chi connectivity index (χ4n) is 6.23. The van der Waals surface area contributed by atoms with Gasteiger partial charge < -0.3 is 0 Å². The Morgan fingerprint density at radius 3 is 1.17 bits per heavy atom. The summed E-state index contributed by atoms with van der Waals surface area (Å²) in [6.07, 6.45) is 0. The predicted molar refractivity (Wildman–Crippen MR) is 80.5 cm³/mol. The van der Waals surface area contributed by atoms with Gasteiger partial charge in [0, 0.05) is 0 Å². The van der Waals surface area contributed by atoms with E-state index in [4.69, 9.17) is 0 Å². The highest BCUT2D eigenvalue weighted by Gasteiger charge is 2.68. The second kappa shape index (κ2) is 3.25. The van der Waals surface area contributed by atoms with Gasteiger partial charge in [0.25, 0.3) is 0 Å². The molecule has 2 bridgehead atoms. The van der Waals surface area contributed by atoms with E-state index in [1.54, 1.807) is 11.1 Å². The molecular formula is C18H32. The van der Waals surface area contributed by atoms with Gasteiger partial charge in [-0.2, -0.15) is 0 Å². The molecule has 0 amide bonds. The molecule has 0 saturated heterocycles. The zero-order chi connectivity index (χ0) is 14.3. The Morgan fingerprint density at radius 1 is 0.611 bits per heavy atom. The predicted octanol–water partition coefficient (Wildman–Crippen LogP) is 5.69. The van der Waals surface area contributed by atoms with Gasteiger partial charge in [0.05, 0.1) is 0 Å². The van der Waals surface area contributed by atoms with Crippen LogP contribution < -0.4 is 0 Å². The number of hydrogen-bond acceptors (Lipinski definition) is 0. The molecule has 0 aromatic rings. The summed E-state index contributed by atoms with van der Waals surface area (Å²) in [6.45, 7) is 24.8. The van der Waals surface area contributed by atoms with Gasteiger partial charge >= 0.3 is 0 Å². The van der Waals surface area contributed by atoms with E-state index in [1.165, 1.54) is 0 Å². The third-order valence-electron chi connectivity index (χ3n) is 7.64.